The summed E-state index contributed by atoms with van der Waals surface area (Å²) in [5.74, 6) is 0.364. The van der Waals surface area contributed by atoms with Crippen LogP contribution in [0.2, 0.25) is 0 Å². The minimum absolute atomic E-state index is 0.0482. The van der Waals surface area contributed by atoms with Crippen molar-refractivity contribution in [3.05, 3.63) is 58.7 Å². The van der Waals surface area contributed by atoms with Crippen molar-refractivity contribution < 1.29 is 20.4 Å². The predicted octanol–water partition coefficient (Wildman–Crippen LogP) is 5.20. The van der Waals surface area contributed by atoms with E-state index in [9.17, 15) is 20.4 Å². The summed E-state index contributed by atoms with van der Waals surface area (Å²) in [4.78, 5) is 4.28. The molecule has 2 saturated carbocycles. The predicted molar refractivity (Wildman–Crippen MR) is 158 cm³/mol. The molecule has 0 spiro atoms. The van der Waals surface area contributed by atoms with Gasteiger partial charge in [0.15, 0.2) is 0 Å². The van der Waals surface area contributed by atoms with Crippen LogP contribution in [-0.4, -0.2) is 82.2 Å². The number of aromatic hydroxyl groups is 2. The van der Waals surface area contributed by atoms with Crippen LogP contribution in [0.5, 0.6) is 11.5 Å². The van der Waals surface area contributed by atoms with E-state index in [4.69, 9.17) is 0 Å². The van der Waals surface area contributed by atoms with Crippen molar-refractivity contribution in [2.24, 2.45) is 0 Å². The van der Waals surface area contributed by atoms with Gasteiger partial charge >= 0.3 is 0 Å². The van der Waals surface area contributed by atoms with Crippen molar-refractivity contribution in [2.75, 3.05) is 34.7 Å². The summed E-state index contributed by atoms with van der Waals surface area (Å²) in [6.45, 7) is 0.734. The first-order chi connectivity index (χ1) is 18.5. The lowest BCUT2D eigenvalue weighted by Crippen LogP contribution is -2.52. The molecule has 4 N–H and O–H groups in total. The van der Waals surface area contributed by atoms with Crippen LogP contribution in [0.4, 0.5) is 0 Å². The van der Waals surface area contributed by atoms with Gasteiger partial charge in [-0.15, -0.1) is 0 Å². The van der Waals surface area contributed by atoms with E-state index in [1.807, 2.05) is 38.4 Å². The molecular weight excluding hydrogens is 488 g/mol. The first kappa shape index (κ1) is 29.9. The van der Waals surface area contributed by atoms with Gasteiger partial charge in [-0.05, 0) is 101 Å². The van der Waals surface area contributed by atoms with E-state index in [0.717, 1.165) is 86.6 Å². The molecule has 2 aliphatic carbocycles. The Morgan fingerprint density at radius 2 is 1.46 bits per heavy atom. The molecule has 0 aromatic heterocycles. The van der Waals surface area contributed by atoms with Crippen LogP contribution in [0, 0.1) is 0 Å². The third-order valence-corrected chi connectivity index (χ3v) is 9.37. The van der Waals surface area contributed by atoms with Gasteiger partial charge in [0.2, 0.25) is 0 Å². The molecule has 0 amide bonds. The zero-order chi connectivity index (χ0) is 28.2. The topological polar surface area (TPSA) is 87.4 Å². The van der Waals surface area contributed by atoms with E-state index in [1.54, 1.807) is 12.1 Å². The monoisotopic (exact) mass is 538 g/mol. The van der Waals surface area contributed by atoms with Gasteiger partial charge in [-0.2, -0.15) is 0 Å². The lowest BCUT2D eigenvalue weighted by molar-refractivity contribution is -0.0659. The summed E-state index contributed by atoms with van der Waals surface area (Å²) in [5.41, 5.74) is 2.18. The molecule has 0 bridgehead atoms. The maximum Gasteiger partial charge on any atom is 0.119 e. The fourth-order valence-electron chi connectivity index (χ4n) is 7.16. The first-order valence-corrected chi connectivity index (χ1v) is 14.9. The smallest absolute Gasteiger partial charge is 0.119 e. The van der Waals surface area contributed by atoms with Crippen LogP contribution >= 0.6 is 0 Å². The molecule has 2 fully saturated rings. The molecule has 6 heteroatoms. The average Bonchev–Trinajstić information content (AvgIpc) is 2.89. The number of hydrogen-bond donors (Lipinski definition) is 4. The second-order valence-corrected chi connectivity index (χ2v) is 12.8. The maximum absolute atomic E-state index is 11.7. The SMILES string of the molecule is CN(C)CC(c1ccc(O)c(Cc2cc(CCC3(O)CCCCC3N(C)C)ccc2O)c1)C1(O)CCCCC1. The Hall–Kier alpha value is -2.12. The minimum atomic E-state index is -0.747. The number of hydrogen-bond acceptors (Lipinski definition) is 6. The molecular formula is C33H50N2O4. The Morgan fingerprint density at radius 1 is 0.821 bits per heavy atom. The molecule has 4 rings (SSSR count). The summed E-state index contributed by atoms with van der Waals surface area (Å²) < 4.78 is 0. The molecule has 216 valence electrons. The van der Waals surface area contributed by atoms with Crippen LogP contribution in [0.15, 0.2) is 36.4 Å². The van der Waals surface area contributed by atoms with Crippen molar-refractivity contribution in [3.8, 4) is 11.5 Å². The van der Waals surface area contributed by atoms with Crippen molar-refractivity contribution >= 4 is 0 Å². The Labute approximate surface area is 235 Å². The number of aliphatic hydroxyl groups is 2. The third-order valence-electron chi connectivity index (χ3n) is 9.37. The Morgan fingerprint density at radius 3 is 2.13 bits per heavy atom. The van der Waals surface area contributed by atoms with E-state index in [2.05, 4.69) is 23.9 Å². The number of likely N-dealkylation sites (N-methyl/N-ethyl adjacent to an activating group) is 2. The van der Waals surface area contributed by atoms with Crippen molar-refractivity contribution in [1.82, 2.24) is 9.80 Å². The highest BCUT2D eigenvalue weighted by atomic mass is 16.3. The van der Waals surface area contributed by atoms with Crippen LogP contribution < -0.4 is 0 Å². The summed E-state index contributed by atoms with van der Waals surface area (Å²) in [7, 11) is 8.18. The van der Waals surface area contributed by atoms with Gasteiger partial charge in [0.1, 0.15) is 11.5 Å². The number of rotatable bonds is 10. The minimum Gasteiger partial charge on any atom is -0.508 e. The lowest BCUT2D eigenvalue weighted by Gasteiger charge is -2.43. The number of phenols is 2. The quantitative estimate of drug-likeness (QED) is 0.333. The third kappa shape index (κ3) is 7.15. The van der Waals surface area contributed by atoms with Gasteiger partial charge in [-0.25, -0.2) is 0 Å². The number of benzene rings is 2. The molecule has 39 heavy (non-hydrogen) atoms. The Bertz CT molecular complexity index is 1100. The normalized spacial score (nSPS) is 24.3. The highest BCUT2D eigenvalue weighted by molar-refractivity contribution is 5.45. The molecule has 0 saturated heterocycles. The van der Waals surface area contributed by atoms with Gasteiger partial charge in [0, 0.05) is 24.9 Å². The van der Waals surface area contributed by atoms with E-state index in [-0.39, 0.29) is 23.5 Å². The van der Waals surface area contributed by atoms with Gasteiger partial charge < -0.3 is 30.2 Å². The van der Waals surface area contributed by atoms with Gasteiger partial charge in [0.05, 0.1) is 11.2 Å². The zero-order valence-electron chi connectivity index (χ0n) is 24.5. The van der Waals surface area contributed by atoms with E-state index >= 15 is 0 Å². The summed E-state index contributed by atoms with van der Waals surface area (Å²) in [6, 6.07) is 11.6. The number of nitrogens with zero attached hydrogens (tertiary/aromatic N) is 2. The van der Waals surface area contributed by atoms with Crippen molar-refractivity contribution in [1.29, 1.82) is 0 Å². The molecule has 6 nitrogen and oxygen atoms in total. The van der Waals surface area contributed by atoms with Gasteiger partial charge in [0.25, 0.3) is 0 Å². The van der Waals surface area contributed by atoms with E-state index in [1.165, 1.54) is 6.42 Å². The fraction of sp³-hybridized carbons (Fsp3) is 0.636. The highest BCUT2D eigenvalue weighted by Gasteiger charge is 2.40. The van der Waals surface area contributed by atoms with Gasteiger partial charge in [-0.1, -0.05) is 56.4 Å². The number of aryl methyl sites for hydroxylation is 1. The highest BCUT2D eigenvalue weighted by Crippen LogP contribution is 2.42. The summed E-state index contributed by atoms with van der Waals surface area (Å²) in [6.07, 6.45) is 10.7. The van der Waals surface area contributed by atoms with Crippen LogP contribution in [0.1, 0.15) is 92.4 Å². The largest absolute Gasteiger partial charge is 0.508 e. The van der Waals surface area contributed by atoms with E-state index in [0.29, 0.717) is 12.8 Å². The van der Waals surface area contributed by atoms with Crippen molar-refractivity contribution in [2.45, 2.75) is 100 Å². The molecule has 2 aromatic rings. The van der Waals surface area contributed by atoms with Crippen LogP contribution in [0.25, 0.3) is 0 Å². The molecule has 0 radical (unpaired) electrons. The Kier molecular flexibility index (Phi) is 9.64. The summed E-state index contributed by atoms with van der Waals surface area (Å²) >= 11 is 0. The molecule has 2 aromatic carbocycles. The van der Waals surface area contributed by atoms with Gasteiger partial charge in [-0.3, -0.25) is 0 Å². The fourth-order valence-corrected chi connectivity index (χ4v) is 7.16. The zero-order valence-corrected chi connectivity index (χ0v) is 24.5. The number of phenolic OH excluding ortho intramolecular Hbond substituents is 2. The molecule has 2 aliphatic rings. The van der Waals surface area contributed by atoms with E-state index < -0.39 is 11.2 Å². The second kappa shape index (κ2) is 12.6. The second-order valence-electron chi connectivity index (χ2n) is 12.8. The first-order valence-electron chi connectivity index (χ1n) is 14.9. The lowest BCUT2D eigenvalue weighted by atomic mass is 9.72. The Balaban J connectivity index is 1.55. The standard InChI is InChI=1S/C33H50N2O4/c1-34(2)23-28(32(38)16-7-5-8-17-32)25-12-14-30(37)27(21-25)22-26-20-24(11-13-29(26)36)15-19-33(39)18-9-6-10-31(33)35(3)4/h11-14,20-21,28,31,36-39H,5-10,15-19,22-23H2,1-4H3. The molecule has 0 aliphatic heterocycles. The van der Waals surface area contributed by atoms with Crippen LogP contribution in [0.3, 0.4) is 0 Å². The molecule has 3 atom stereocenters. The molecule has 3 unspecified atom stereocenters. The summed E-state index contributed by atoms with van der Waals surface area (Å²) in [5, 5.41) is 44.7. The average molecular weight is 539 g/mol. The maximum atomic E-state index is 11.7. The van der Waals surface area contributed by atoms with Crippen LogP contribution in [-0.2, 0) is 12.8 Å². The van der Waals surface area contributed by atoms with Crippen molar-refractivity contribution in [3.63, 3.8) is 0 Å². The molecule has 0 heterocycles.